The predicted molar refractivity (Wildman–Crippen MR) is 119 cm³/mol. The van der Waals surface area contributed by atoms with Crippen molar-refractivity contribution in [3.8, 4) is 0 Å². The molecule has 0 spiro atoms. The molecule has 170 valence electrons. The molecule has 0 atom stereocenters. The molecular formula is C22H19F2N5O3S. The molecule has 0 amide bonds. The summed E-state index contributed by atoms with van der Waals surface area (Å²) in [7, 11) is -4.36. The number of nitrogen functional groups attached to an aromatic ring is 1. The van der Waals surface area contributed by atoms with Gasteiger partial charge >= 0.3 is 0 Å². The number of rotatable bonds is 6. The Morgan fingerprint density at radius 3 is 2.58 bits per heavy atom. The van der Waals surface area contributed by atoms with Crippen LogP contribution in [0.3, 0.4) is 0 Å². The molecule has 3 N–H and O–H groups in total. The van der Waals surface area contributed by atoms with Gasteiger partial charge in [-0.15, -0.1) is 0 Å². The number of nitrogens with two attached hydrogens (primary N) is 1. The number of fused-ring (bicyclic) bond motifs is 1. The Morgan fingerprint density at radius 1 is 1.12 bits per heavy atom. The van der Waals surface area contributed by atoms with Gasteiger partial charge in [0.25, 0.3) is 10.0 Å². The van der Waals surface area contributed by atoms with Crippen molar-refractivity contribution < 1.29 is 22.0 Å². The molecule has 2 heterocycles. The lowest BCUT2D eigenvalue weighted by atomic mass is 10.0. The summed E-state index contributed by atoms with van der Waals surface area (Å²) in [6, 6.07) is 7.85. The van der Waals surface area contributed by atoms with E-state index < -0.39 is 32.3 Å². The van der Waals surface area contributed by atoms with Crippen molar-refractivity contribution in [3.63, 3.8) is 0 Å². The van der Waals surface area contributed by atoms with Gasteiger partial charge in [-0.2, -0.15) is 0 Å². The smallest absolute Gasteiger partial charge is 0.264 e. The van der Waals surface area contributed by atoms with Crippen molar-refractivity contribution in [2.45, 2.75) is 24.8 Å². The van der Waals surface area contributed by atoms with Crippen LogP contribution in [0.15, 0.2) is 59.9 Å². The van der Waals surface area contributed by atoms with E-state index >= 15 is 0 Å². The van der Waals surface area contributed by atoms with E-state index in [0.717, 1.165) is 12.1 Å². The molecule has 0 fully saturated rings. The molecule has 4 aromatic rings. The summed E-state index contributed by atoms with van der Waals surface area (Å²) in [5.74, 6) is -2.41. The Hall–Kier alpha value is -3.86. The molecule has 2 aromatic carbocycles. The highest BCUT2D eigenvalue weighted by atomic mass is 32.2. The van der Waals surface area contributed by atoms with Gasteiger partial charge in [0.2, 0.25) is 0 Å². The molecule has 0 saturated heterocycles. The predicted octanol–water partition coefficient (Wildman–Crippen LogP) is 3.90. The van der Waals surface area contributed by atoms with Crippen LogP contribution in [-0.2, 0) is 10.0 Å². The fourth-order valence-electron chi connectivity index (χ4n) is 3.46. The maximum atomic E-state index is 14.0. The quantitative estimate of drug-likeness (QED) is 0.412. The molecule has 2 aromatic heterocycles. The zero-order valence-corrected chi connectivity index (χ0v) is 18.4. The summed E-state index contributed by atoms with van der Waals surface area (Å²) < 4.78 is 56.3. The summed E-state index contributed by atoms with van der Waals surface area (Å²) in [6.07, 6.45) is 2.95. The van der Waals surface area contributed by atoms with Crippen LogP contribution < -0.4 is 10.5 Å². The Bertz CT molecular complexity index is 1500. The molecule has 0 aliphatic rings. The first-order chi connectivity index (χ1) is 15.6. The minimum absolute atomic E-state index is 0.00732. The third-order valence-corrected chi connectivity index (χ3v) is 6.41. The lowest BCUT2D eigenvalue weighted by molar-refractivity contribution is 0.104. The Labute approximate surface area is 188 Å². The molecule has 0 aliphatic carbocycles. The second-order valence-electron chi connectivity index (χ2n) is 7.59. The van der Waals surface area contributed by atoms with Gasteiger partial charge in [0.1, 0.15) is 34.3 Å². The average molecular weight is 471 g/mol. The summed E-state index contributed by atoms with van der Waals surface area (Å²) in [5, 5.41) is 0.399. The Morgan fingerprint density at radius 2 is 1.88 bits per heavy atom. The first kappa shape index (κ1) is 22.3. The summed E-state index contributed by atoms with van der Waals surface area (Å²) in [6.45, 7) is 3.85. The number of carbonyl (C=O) groups excluding carboxylic acids is 1. The number of nitrogens with one attached hydrogen (secondary N) is 1. The lowest BCUT2D eigenvalue weighted by Crippen LogP contribution is -2.15. The van der Waals surface area contributed by atoms with Crippen molar-refractivity contribution in [2.75, 3.05) is 10.5 Å². The monoisotopic (exact) mass is 471 g/mol. The van der Waals surface area contributed by atoms with Crippen molar-refractivity contribution in [1.29, 1.82) is 0 Å². The molecule has 8 nitrogen and oxygen atoms in total. The molecule has 0 saturated carbocycles. The van der Waals surface area contributed by atoms with E-state index in [-0.39, 0.29) is 28.7 Å². The molecule has 0 bridgehead atoms. The number of nitrogens with zero attached hydrogens (tertiary/aromatic N) is 3. The SMILES string of the molecule is CC(C)n1cc(C(=O)c2cccc(NS(=O)(=O)c3ccc(F)cc3F)c2)c2c(N)ncnc21. The molecule has 4 rings (SSSR count). The van der Waals surface area contributed by atoms with Crippen LogP contribution >= 0.6 is 0 Å². The van der Waals surface area contributed by atoms with Gasteiger partial charge in [-0.1, -0.05) is 12.1 Å². The molecule has 0 radical (unpaired) electrons. The fourth-order valence-corrected chi connectivity index (χ4v) is 4.57. The van der Waals surface area contributed by atoms with Crippen LogP contribution in [0.1, 0.15) is 35.8 Å². The Kier molecular flexibility index (Phi) is 5.58. The number of sulfonamides is 1. The minimum atomic E-state index is -4.36. The van der Waals surface area contributed by atoms with E-state index in [2.05, 4.69) is 14.7 Å². The molecule has 33 heavy (non-hydrogen) atoms. The van der Waals surface area contributed by atoms with Crippen LogP contribution in [-0.4, -0.2) is 28.7 Å². The maximum Gasteiger partial charge on any atom is 0.264 e. The summed E-state index contributed by atoms with van der Waals surface area (Å²) in [5.41, 5.74) is 6.98. The third kappa shape index (κ3) is 4.14. The number of hydrogen-bond donors (Lipinski definition) is 2. The molecule has 0 aliphatic heterocycles. The zero-order valence-electron chi connectivity index (χ0n) is 17.6. The Balaban J connectivity index is 1.72. The van der Waals surface area contributed by atoms with Gasteiger partial charge in [-0.3, -0.25) is 9.52 Å². The number of halogens is 2. The molecule has 0 unspecified atom stereocenters. The van der Waals surface area contributed by atoms with Crippen molar-refractivity contribution in [3.05, 3.63) is 77.8 Å². The van der Waals surface area contributed by atoms with Gasteiger partial charge in [-0.05, 0) is 38.1 Å². The van der Waals surface area contributed by atoms with E-state index in [9.17, 15) is 22.0 Å². The largest absolute Gasteiger partial charge is 0.383 e. The highest BCUT2D eigenvalue weighted by molar-refractivity contribution is 7.92. The first-order valence-corrected chi connectivity index (χ1v) is 11.3. The van der Waals surface area contributed by atoms with Gasteiger partial charge in [0.05, 0.1) is 10.9 Å². The van der Waals surface area contributed by atoms with Crippen molar-refractivity contribution >= 4 is 38.3 Å². The highest BCUT2D eigenvalue weighted by Gasteiger charge is 2.23. The normalized spacial score (nSPS) is 11.8. The van der Waals surface area contributed by atoms with Gasteiger partial charge < -0.3 is 10.3 Å². The van der Waals surface area contributed by atoms with Crippen LogP contribution in [0, 0.1) is 11.6 Å². The number of hydrogen-bond acceptors (Lipinski definition) is 6. The van der Waals surface area contributed by atoms with E-state index in [1.165, 1.54) is 30.6 Å². The van der Waals surface area contributed by atoms with Gasteiger partial charge in [-0.25, -0.2) is 27.2 Å². The maximum absolute atomic E-state index is 14.0. The number of benzene rings is 2. The van der Waals surface area contributed by atoms with E-state index in [1.807, 2.05) is 13.8 Å². The van der Waals surface area contributed by atoms with Gasteiger partial charge in [0.15, 0.2) is 5.78 Å². The molecular weight excluding hydrogens is 452 g/mol. The second kappa shape index (κ2) is 8.24. The third-order valence-electron chi connectivity index (χ3n) is 5.00. The van der Waals surface area contributed by atoms with Gasteiger partial charge in [0, 0.05) is 29.6 Å². The van der Waals surface area contributed by atoms with Crippen molar-refractivity contribution in [1.82, 2.24) is 14.5 Å². The highest BCUT2D eigenvalue weighted by Crippen LogP contribution is 2.29. The number of ketones is 1. The van der Waals surface area contributed by atoms with Crippen LogP contribution in [0.25, 0.3) is 11.0 Å². The van der Waals surface area contributed by atoms with Crippen LogP contribution in [0.5, 0.6) is 0 Å². The number of carbonyl (C=O) groups is 1. The average Bonchev–Trinajstić information content (AvgIpc) is 3.14. The fraction of sp³-hybridized carbons (Fsp3) is 0.136. The number of anilines is 2. The van der Waals surface area contributed by atoms with E-state index in [1.54, 1.807) is 10.8 Å². The van der Waals surface area contributed by atoms with E-state index in [4.69, 9.17) is 5.73 Å². The molecule has 11 heteroatoms. The zero-order chi connectivity index (χ0) is 23.9. The van der Waals surface area contributed by atoms with Crippen LogP contribution in [0.4, 0.5) is 20.3 Å². The van der Waals surface area contributed by atoms with Crippen LogP contribution in [0.2, 0.25) is 0 Å². The van der Waals surface area contributed by atoms with E-state index in [0.29, 0.717) is 17.1 Å². The topological polar surface area (TPSA) is 120 Å². The number of aromatic nitrogens is 3. The first-order valence-electron chi connectivity index (χ1n) is 9.82. The van der Waals surface area contributed by atoms with Crippen molar-refractivity contribution in [2.24, 2.45) is 0 Å². The lowest BCUT2D eigenvalue weighted by Gasteiger charge is -2.10. The standard InChI is InChI=1S/C22H19F2N5O3S/c1-12(2)29-10-16(19-21(25)26-11-27-22(19)29)20(30)13-4-3-5-15(8-13)28-33(31,32)18-7-6-14(23)9-17(18)24/h3-12,28H,1-2H3,(H2,25,26,27). The summed E-state index contributed by atoms with van der Waals surface area (Å²) in [4.78, 5) is 20.8. The summed E-state index contributed by atoms with van der Waals surface area (Å²) >= 11 is 0. The second-order valence-corrected chi connectivity index (χ2v) is 9.24. The minimum Gasteiger partial charge on any atom is -0.383 e.